The number of nitrogens with zero attached hydrogens (tertiary/aromatic N) is 3. The van der Waals surface area contributed by atoms with Gasteiger partial charge in [0.2, 0.25) is 0 Å². The molecule has 1 aromatic carbocycles. The van der Waals surface area contributed by atoms with E-state index in [0.29, 0.717) is 5.82 Å². The number of nitro benzene ring substituents is 1. The number of carbonyl (C=O) groups excluding carboxylic acids is 2. The lowest BCUT2D eigenvalue weighted by molar-refractivity contribution is -0.384. The molecule has 0 aliphatic heterocycles. The zero-order valence-electron chi connectivity index (χ0n) is 15.2. The average Bonchev–Trinajstić information content (AvgIpc) is 3.22. The molecule has 1 heterocycles. The van der Waals surface area contributed by atoms with E-state index in [-0.39, 0.29) is 36.1 Å². The van der Waals surface area contributed by atoms with Gasteiger partial charge < -0.3 is 15.2 Å². The van der Waals surface area contributed by atoms with Gasteiger partial charge in [0.05, 0.1) is 4.92 Å². The number of aromatic nitrogens is 2. The van der Waals surface area contributed by atoms with Gasteiger partial charge in [0.15, 0.2) is 5.82 Å². The first-order valence-corrected chi connectivity index (χ1v) is 9.19. The second kappa shape index (κ2) is 9.07. The Labute approximate surface area is 160 Å². The standard InChI is InChI=1S/C18H21N5O5/c24-16(13-7-4-8-14(11-13)23(26)27)19-9-10-20-17(25)18-21-15(22-28-18)12-5-2-1-3-6-12/h4,7-8,11-12H,1-3,5-6,9-10H2,(H,19,24)(H,20,25). The summed E-state index contributed by atoms with van der Waals surface area (Å²) in [5, 5.41) is 19.8. The van der Waals surface area contributed by atoms with Gasteiger partial charge in [0, 0.05) is 36.7 Å². The molecule has 1 aliphatic carbocycles. The molecule has 2 amide bonds. The zero-order valence-corrected chi connectivity index (χ0v) is 15.2. The van der Waals surface area contributed by atoms with E-state index >= 15 is 0 Å². The minimum absolute atomic E-state index is 0.0921. The maximum atomic E-state index is 12.1. The van der Waals surface area contributed by atoms with Crippen molar-refractivity contribution >= 4 is 17.5 Å². The third kappa shape index (κ3) is 4.90. The first kappa shape index (κ1) is 19.5. The molecule has 1 saturated carbocycles. The molecule has 0 saturated heterocycles. The van der Waals surface area contributed by atoms with Crippen molar-refractivity contribution in [2.24, 2.45) is 0 Å². The number of amides is 2. The monoisotopic (exact) mass is 387 g/mol. The summed E-state index contributed by atoms with van der Waals surface area (Å²) in [7, 11) is 0. The average molecular weight is 387 g/mol. The third-order valence-electron chi connectivity index (χ3n) is 4.62. The summed E-state index contributed by atoms with van der Waals surface area (Å²) in [6.07, 6.45) is 5.48. The SMILES string of the molecule is O=C(NCCNC(=O)c1nc(C2CCCCC2)no1)c1cccc([N+](=O)[O-])c1. The molecule has 1 aromatic heterocycles. The van der Waals surface area contributed by atoms with Crippen molar-refractivity contribution in [3.63, 3.8) is 0 Å². The highest BCUT2D eigenvalue weighted by atomic mass is 16.6. The van der Waals surface area contributed by atoms with Crippen molar-refractivity contribution in [2.75, 3.05) is 13.1 Å². The Hall–Kier alpha value is -3.30. The Morgan fingerprint density at radius 3 is 2.57 bits per heavy atom. The van der Waals surface area contributed by atoms with Crippen molar-refractivity contribution in [1.82, 2.24) is 20.8 Å². The summed E-state index contributed by atoms with van der Waals surface area (Å²) in [5.74, 6) is -0.239. The summed E-state index contributed by atoms with van der Waals surface area (Å²) in [6, 6.07) is 5.42. The molecular formula is C18H21N5O5. The van der Waals surface area contributed by atoms with Crippen LogP contribution in [-0.2, 0) is 0 Å². The van der Waals surface area contributed by atoms with Gasteiger partial charge in [-0.2, -0.15) is 4.98 Å². The van der Waals surface area contributed by atoms with Crippen molar-refractivity contribution in [2.45, 2.75) is 38.0 Å². The highest BCUT2D eigenvalue weighted by molar-refractivity contribution is 5.94. The van der Waals surface area contributed by atoms with E-state index in [1.54, 1.807) is 0 Å². The molecule has 3 rings (SSSR count). The fourth-order valence-corrected chi connectivity index (χ4v) is 3.14. The van der Waals surface area contributed by atoms with Crippen molar-refractivity contribution < 1.29 is 19.0 Å². The van der Waals surface area contributed by atoms with Gasteiger partial charge in [-0.25, -0.2) is 0 Å². The molecule has 0 radical (unpaired) electrons. The van der Waals surface area contributed by atoms with Crippen LogP contribution in [0.3, 0.4) is 0 Å². The Morgan fingerprint density at radius 1 is 1.14 bits per heavy atom. The number of benzene rings is 1. The summed E-state index contributed by atoms with van der Waals surface area (Å²) >= 11 is 0. The van der Waals surface area contributed by atoms with Gasteiger partial charge in [-0.3, -0.25) is 19.7 Å². The van der Waals surface area contributed by atoms with Gasteiger partial charge in [0.1, 0.15) is 0 Å². The van der Waals surface area contributed by atoms with E-state index in [2.05, 4.69) is 20.8 Å². The van der Waals surface area contributed by atoms with Crippen molar-refractivity contribution in [3.8, 4) is 0 Å². The van der Waals surface area contributed by atoms with Gasteiger partial charge in [-0.15, -0.1) is 0 Å². The topological polar surface area (TPSA) is 140 Å². The van der Waals surface area contributed by atoms with Crippen LogP contribution in [0, 0.1) is 10.1 Å². The number of carbonyl (C=O) groups is 2. The zero-order chi connectivity index (χ0) is 19.9. The number of rotatable bonds is 7. The van der Waals surface area contributed by atoms with Gasteiger partial charge in [-0.1, -0.05) is 30.5 Å². The van der Waals surface area contributed by atoms with Gasteiger partial charge in [0.25, 0.3) is 11.6 Å². The minimum atomic E-state index is -0.566. The lowest BCUT2D eigenvalue weighted by atomic mass is 9.89. The van der Waals surface area contributed by atoms with Crippen LogP contribution in [0.1, 0.15) is 64.9 Å². The highest BCUT2D eigenvalue weighted by Gasteiger charge is 2.23. The summed E-state index contributed by atoms with van der Waals surface area (Å²) < 4.78 is 5.04. The molecule has 0 unspecified atom stereocenters. The molecule has 28 heavy (non-hydrogen) atoms. The van der Waals surface area contributed by atoms with E-state index in [0.717, 1.165) is 25.7 Å². The quantitative estimate of drug-likeness (QED) is 0.421. The predicted molar refractivity (Wildman–Crippen MR) is 97.9 cm³/mol. The Kier molecular flexibility index (Phi) is 6.30. The van der Waals surface area contributed by atoms with Crippen LogP contribution in [0.25, 0.3) is 0 Å². The second-order valence-electron chi connectivity index (χ2n) is 6.61. The number of hydrogen-bond acceptors (Lipinski definition) is 7. The molecule has 2 N–H and O–H groups in total. The number of nitro groups is 1. The van der Waals surface area contributed by atoms with E-state index in [9.17, 15) is 19.7 Å². The molecule has 2 aromatic rings. The van der Waals surface area contributed by atoms with Crippen molar-refractivity contribution in [1.29, 1.82) is 0 Å². The van der Waals surface area contributed by atoms with Crippen molar-refractivity contribution in [3.05, 3.63) is 51.7 Å². The van der Waals surface area contributed by atoms with E-state index in [1.807, 2.05) is 0 Å². The maximum absolute atomic E-state index is 12.1. The maximum Gasteiger partial charge on any atom is 0.315 e. The molecule has 10 heteroatoms. The minimum Gasteiger partial charge on any atom is -0.350 e. The number of hydrogen-bond donors (Lipinski definition) is 2. The molecule has 1 fully saturated rings. The van der Waals surface area contributed by atoms with Crippen LogP contribution in [0.4, 0.5) is 5.69 Å². The van der Waals surface area contributed by atoms with E-state index in [4.69, 9.17) is 4.52 Å². The summed E-state index contributed by atoms with van der Waals surface area (Å²) in [4.78, 5) is 38.5. The molecular weight excluding hydrogens is 366 g/mol. The van der Waals surface area contributed by atoms with Crippen LogP contribution in [0.5, 0.6) is 0 Å². The molecule has 1 aliphatic rings. The van der Waals surface area contributed by atoms with Gasteiger partial charge in [-0.05, 0) is 18.9 Å². The largest absolute Gasteiger partial charge is 0.350 e. The number of nitrogens with one attached hydrogen (secondary N) is 2. The molecule has 10 nitrogen and oxygen atoms in total. The first-order valence-electron chi connectivity index (χ1n) is 9.19. The van der Waals surface area contributed by atoms with Crippen LogP contribution in [-0.4, -0.2) is 40.0 Å². The van der Waals surface area contributed by atoms with Crippen LogP contribution in [0.15, 0.2) is 28.8 Å². The highest BCUT2D eigenvalue weighted by Crippen LogP contribution is 2.30. The van der Waals surface area contributed by atoms with Gasteiger partial charge >= 0.3 is 11.8 Å². The molecule has 148 valence electrons. The Balaban J connectivity index is 1.44. The second-order valence-corrected chi connectivity index (χ2v) is 6.61. The Bertz CT molecular complexity index is 860. The smallest absolute Gasteiger partial charge is 0.315 e. The predicted octanol–water partition coefficient (Wildman–Crippen LogP) is 2.19. The summed E-state index contributed by atoms with van der Waals surface area (Å²) in [5.41, 5.74) is 0.0145. The molecule has 0 bridgehead atoms. The molecule has 0 atom stereocenters. The summed E-state index contributed by atoms with van der Waals surface area (Å²) in [6.45, 7) is 0.303. The third-order valence-corrected chi connectivity index (χ3v) is 4.62. The normalized spacial score (nSPS) is 14.4. The Morgan fingerprint density at radius 2 is 1.86 bits per heavy atom. The van der Waals surface area contributed by atoms with Crippen LogP contribution >= 0.6 is 0 Å². The first-order chi connectivity index (χ1) is 13.5. The lowest BCUT2D eigenvalue weighted by Crippen LogP contribution is -2.34. The van der Waals surface area contributed by atoms with E-state index in [1.165, 1.54) is 30.7 Å². The van der Waals surface area contributed by atoms with E-state index < -0.39 is 16.7 Å². The fraction of sp³-hybridized carbons (Fsp3) is 0.444. The van der Waals surface area contributed by atoms with Crippen LogP contribution < -0.4 is 10.6 Å². The number of non-ortho nitro benzene ring substituents is 1. The van der Waals surface area contributed by atoms with Crippen LogP contribution in [0.2, 0.25) is 0 Å². The lowest BCUT2D eigenvalue weighted by Gasteiger charge is -2.17. The fourth-order valence-electron chi connectivity index (χ4n) is 3.14. The molecule has 0 spiro atoms.